The van der Waals surface area contributed by atoms with Crippen molar-refractivity contribution in [2.75, 3.05) is 44.6 Å². The van der Waals surface area contributed by atoms with Crippen LogP contribution in [0.2, 0.25) is 0 Å². The number of hydrogen-bond acceptors (Lipinski definition) is 3. The number of carbonyl (C=O) groups excluding carboxylic acids is 1. The van der Waals surface area contributed by atoms with Crippen molar-refractivity contribution in [2.24, 2.45) is 0 Å². The lowest BCUT2D eigenvalue weighted by molar-refractivity contribution is 0.156. The van der Waals surface area contributed by atoms with Crippen LogP contribution in [-0.2, 0) is 0 Å². The number of nitrogens with zero attached hydrogens (tertiary/aromatic N) is 2. The predicted octanol–water partition coefficient (Wildman–Crippen LogP) is 3.95. The van der Waals surface area contributed by atoms with Gasteiger partial charge in [-0.25, -0.2) is 4.79 Å². The molecule has 0 unspecified atom stereocenters. The van der Waals surface area contributed by atoms with Gasteiger partial charge in [-0.05, 0) is 36.8 Å². The number of rotatable bonds is 6. The van der Waals surface area contributed by atoms with E-state index in [2.05, 4.69) is 34.5 Å². The van der Waals surface area contributed by atoms with E-state index in [0.717, 1.165) is 44.2 Å². The molecule has 1 heterocycles. The monoisotopic (exact) mass is 365 g/mol. The van der Waals surface area contributed by atoms with Crippen LogP contribution in [0.5, 0.6) is 5.75 Å². The van der Waals surface area contributed by atoms with Gasteiger partial charge in [-0.2, -0.15) is 0 Å². The number of carbonyl (C=O) groups is 1. The fourth-order valence-corrected chi connectivity index (χ4v) is 3.04. The van der Waals surface area contributed by atoms with E-state index in [9.17, 15) is 4.79 Å². The van der Waals surface area contributed by atoms with Gasteiger partial charge in [0, 0.05) is 38.4 Å². The number of anilines is 1. The second-order valence-electron chi connectivity index (χ2n) is 6.49. The molecule has 1 aliphatic rings. The maximum atomic E-state index is 12.4. The van der Waals surface area contributed by atoms with Crippen molar-refractivity contribution in [3.63, 3.8) is 0 Å². The van der Waals surface area contributed by atoms with Crippen LogP contribution >= 0.6 is 0 Å². The Morgan fingerprint density at radius 2 is 1.74 bits per heavy atom. The average molecular weight is 365 g/mol. The lowest BCUT2D eigenvalue weighted by Crippen LogP contribution is -2.49. The van der Waals surface area contributed by atoms with Gasteiger partial charge in [0.05, 0.1) is 6.61 Å². The Morgan fingerprint density at radius 1 is 1.04 bits per heavy atom. The Kier molecular flexibility index (Phi) is 6.88. The van der Waals surface area contributed by atoms with Gasteiger partial charge >= 0.3 is 6.03 Å². The van der Waals surface area contributed by atoms with Crippen LogP contribution in [0, 0.1) is 0 Å². The molecule has 3 rings (SSSR count). The SMILES string of the molecule is CCOc1ccc(NC(=O)N2CCN(CC=Cc3ccccc3)CC2)cc1. The minimum absolute atomic E-state index is 0.0429. The second kappa shape index (κ2) is 9.78. The van der Waals surface area contributed by atoms with Gasteiger partial charge < -0.3 is 15.0 Å². The summed E-state index contributed by atoms with van der Waals surface area (Å²) >= 11 is 0. The standard InChI is InChI=1S/C22H27N3O2/c1-2-27-21-12-10-20(11-13-21)23-22(26)25-17-15-24(16-18-25)14-6-9-19-7-4-3-5-8-19/h3-13H,2,14-18H2,1H3,(H,23,26). The van der Waals surface area contributed by atoms with E-state index >= 15 is 0 Å². The van der Waals surface area contributed by atoms with Crippen molar-refractivity contribution in [1.82, 2.24) is 9.80 Å². The van der Waals surface area contributed by atoms with E-state index in [0.29, 0.717) is 6.61 Å². The van der Waals surface area contributed by atoms with Crippen LogP contribution in [-0.4, -0.2) is 55.2 Å². The largest absolute Gasteiger partial charge is 0.494 e. The highest BCUT2D eigenvalue weighted by atomic mass is 16.5. The molecule has 0 saturated carbocycles. The third-order valence-electron chi connectivity index (χ3n) is 4.55. The number of ether oxygens (including phenoxy) is 1. The van der Waals surface area contributed by atoms with Gasteiger partial charge in [0.25, 0.3) is 0 Å². The van der Waals surface area contributed by atoms with Gasteiger partial charge in [0.2, 0.25) is 0 Å². The van der Waals surface area contributed by atoms with Gasteiger partial charge in [0.1, 0.15) is 5.75 Å². The lowest BCUT2D eigenvalue weighted by Gasteiger charge is -2.34. The summed E-state index contributed by atoms with van der Waals surface area (Å²) in [6, 6.07) is 17.7. The molecule has 0 aliphatic carbocycles. The Balaban J connectivity index is 1.41. The van der Waals surface area contributed by atoms with Crippen molar-refractivity contribution in [1.29, 1.82) is 0 Å². The molecule has 0 aromatic heterocycles. The molecule has 2 aromatic rings. The first kappa shape index (κ1) is 19.0. The minimum Gasteiger partial charge on any atom is -0.494 e. The van der Waals surface area contributed by atoms with Crippen molar-refractivity contribution < 1.29 is 9.53 Å². The fraction of sp³-hybridized carbons (Fsp3) is 0.318. The number of amides is 2. The molecule has 0 spiro atoms. The summed E-state index contributed by atoms with van der Waals surface area (Å²) in [7, 11) is 0. The van der Waals surface area contributed by atoms with Crippen LogP contribution < -0.4 is 10.1 Å². The first-order valence-electron chi connectivity index (χ1n) is 9.47. The van der Waals surface area contributed by atoms with E-state index in [4.69, 9.17) is 4.74 Å². The Labute approximate surface area is 161 Å². The highest BCUT2D eigenvalue weighted by molar-refractivity contribution is 5.89. The Bertz CT molecular complexity index is 736. The molecule has 0 bridgehead atoms. The molecular formula is C22H27N3O2. The number of benzene rings is 2. The van der Waals surface area contributed by atoms with Gasteiger partial charge in [-0.1, -0.05) is 42.5 Å². The van der Waals surface area contributed by atoms with Crippen molar-refractivity contribution in [3.05, 3.63) is 66.2 Å². The molecule has 1 saturated heterocycles. The summed E-state index contributed by atoms with van der Waals surface area (Å²) in [6.07, 6.45) is 4.33. The van der Waals surface area contributed by atoms with Crippen LogP contribution in [0.1, 0.15) is 12.5 Å². The molecule has 27 heavy (non-hydrogen) atoms. The predicted molar refractivity (Wildman–Crippen MR) is 110 cm³/mol. The Hall–Kier alpha value is -2.79. The maximum absolute atomic E-state index is 12.4. The van der Waals surface area contributed by atoms with Crippen molar-refractivity contribution in [2.45, 2.75) is 6.92 Å². The highest BCUT2D eigenvalue weighted by Gasteiger charge is 2.20. The van der Waals surface area contributed by atoms with Crippen LogP contribution in [0.3, 0.4) is 0 Å². The maximum Gasteiger partial charge on any atom is 0.321 e. The fourth-order valence-electron chi connectivity index (χ4n) is 3.04. The summed E-state index contributed by atoms with van der Waals surface area (Å²) in [4.78, 5) is 16.7. The van der Waals surface area contributed by atoms with Gasteiger partial charge in [0.15, 0.2) is 0 Å². The molecule has 1 aliphatic heterocycles. The molecule has 5 heteroatoms. The summed E-state index contributed by atoms with van der Waals surface area (Å²) in [5, 5.41) is 2.96. The average Bonchev–Trinajstić information content (AvgIpc) is 2.71. The van der Waals surface area contributed by atoms with Crippen molar-refractivity contribution >= 4 is 17.8 Å². The number of piperazine rings is 1. The zero-order valence-corrected chi connectivity index (χ0v) is 15.8. The second-order valence-corrected chi connectivity index (χ2v) is 6.49. The summed E-state index contributed by atoms with van der Waals surface area (Å²) < 4.78 is 5.42. The van der Waals surface area contributed by atoms with E-state index in [1.165, 1.54) is 5.56 Å². The molecule has 2 aromatic carbocycles. The summed E-state index contributed by atoms with van der Waals surface area (Å²) in [5.74, 6) is 0.813. The molecule has 2 amide bonds. The molecule has 0 radical (unpaired) electrons. The molecule has 1 fully saturated rings. The molecule has 5 nitrogen and oxygen atoms in total. The minimum atomic E-state index is -0.0429. The molecule has 0 atom stereocenters. The number of hydrogen-bond donors (Lipinski definition) is 1. The third-order valence-corrected chi connectivity index (χ3v) is 4.55. The number of urea groups is 1. The van der Waals surface area contributed by atoms with Crippen LogP contribution in [0.25, 0.3) is 6.08 Å². The van der Waals surface area contributed by atoms with E-state index < -0.39 is 0 Å². The smallest absolute Gasteiger partial charge is 0.321 e. The van der Waals surface area contributed by atoms with E-state index in [-0.39, 0.29) is 6.03 Å². The normalized spacial score (nSPS) is 15.1. The molecule has 1 N–H and O–H groups in total. The highest BCUT2D eigenvalue weighted by Crippen LogP contribution is 2.16. The summed E-state index contributed by atoms with van der Waals surface area (Å²) in [5.41, 5.74) is 2.00. The third kappa shape index (κ3) is 5.86. The quantitative estimate of drug-likeness (QED) is 0.843. The van der Waals surface area contributed by atoms with Gasteiger partial charge in [-0.3, -0.25) is 4.90 Å². The lowest BCUT2D eigenvalue weighted by atomic mass is 10.2. The molecular weight excluding hydrogens is 338 g/mol. The van der Waals surface area contributed by atoms with Gasteiger partial charge in [-0.15, -0.1) is 0 Å². The van der Waals surface area contributed by atoms with Crippen LogP contribution in [0.15, 0.2) is 60.7 Å². The first-order chi connectivity index (χ1) is 13.2. The van der Waals surface area contributed by atoms with E-state index in [1.54, 1.807) is 0 Å². The summed E-state index contributed by atoms with van der Waals surface area (Å²) in [6.45, 7) is 6.74. The van der Waals surface area contributed by atoms with Crippen molar-refractivity contribution in [3.8, 4) is 5.75 Å². The molecule has 142 valence electrons. The zero-order chi connectivity index (χ0) is 18.9. The topological polar surface area (TPSA) is 44.8 Å². The Morgan fingerprint density at radius 3 is 2.41 bits per heavy atom. The number of nitrogens with one attached hydrogen (secondary N) is 1. The van der Waals surface area contributed by atoms with Crippen LogP contribution in [0.4, 0.5) is 10.5 Å². The van der Waals surface area contributed by atoms with E-state index in [1.807, 2.05) is 54.3 Å². The zero-order valence-electron chi connectivity index (χ0n) is 15.8. The first-order valence-corrected chi connectivity index (χ1v) is 9.47.